The van der Waals surface area contributed by atoms with Gasteiger partial charge in [0.2, 0.25) is 5.91 Å². The lowest BCUT2D eigenvalue weighted by Gasteiger charge is -2.35. The second kappa shape index (κ2) is 14.0. The van der Waals surface area contributed by atoms with Crippen molar-refractivity contribution in [3.63, 3.8) is 0 Å². The highest BCUT2D eigenvalue weighted by Gasteiger charge is 2.28. The van der Waals surface area contributed by atoms with Crippen LogP contribution in [-0.4, -0.2) is 86.7 Å². The van der Waals surface area contributed by atoms with Crippen molar-refractivity contribution in [1.29, 1.82) is 0 Å². The molecular formula is C29H38FN5O4. The van der Waals surface area contributed by atoms with Gasteiger partial charge in [-0.2, -0.15) is 0 Å². The summed E-state index contributed by atoms with van der Waals surface area (Å²) in [7, 11) is 1.55. The fraction of sp³-hybridized carbons (Fsp3) is 0.483. The van der Waals surface area contributed by atoms with Gasteiger partial charge < -0.3 is 25.6 Å². The van der Waals surface area contributed by atoms with Gasteiger partial charge in [0, 0.05) is 57.4 Å². The van der Waals surface area contributed by atoms with E-state index in [0.717, 1.165) is 37.9 Å². The molecule has 0 aromatic heterocycles. The van der Waals surface area contributed by atoms with Crippen molar-refractivity contribution >= 4 is 23.5 Å². The van der Waals surface area contributed by atoms with E-state index in [1.807, 2.05) is 4.90 Å². The predicted molar refractivity (Wildman–Crippen MR) is 147 cm³/mol. The highest BCUT2D eigenvalue weighted by molar-refractivity contribution is 5.96. The van der Waals surface area contributed by atoms with E-state index >= 15 is 0 Å². The molecule has 0 aliphatic carbocycles. The Hall–Kier alpha value is -3.50. The average Bonchev–Trinajstić information content (AvgIpc) is 2.94. The molecule has 2 aliphatic heterocycles. The SMILES string of the molecule is CNC(=O)c1cccc(NC(=O)N[C@@H](CC(=O)N2CCC[C@@H](Cc3ccc(F)cc3)C2)CN2CCOCC2)c1. The Morgan fingerprint density at radius 3 is 2.59 bits per heavy atom. The van der Waals surface area contributed by atoms with Gasteiger partial charge in [-0.15, -0.1) is 0 Å². The molecule has 2 saturated heterocycles. The lowest BCUT2D eigenvalue weighted by Crippen LogP contribution is -2.51. The molecule has 2 aliphatic rings. The smallest absolute Gasteiger partial charge is 0.319 e. The Balaban J connectivity index is 1.37. The Morgan fingerprint density at radius 1 is 1.08 bits per heavy atom. The summed E-state index contributed by atoms with van der Waals surface area (Å²) < 4.78 is 18.7. The number of anilines is 1. The molecule has 2 fully saturated rings. The van der Waals surface area contributed by atoms with Gasteiger partial charge in [0.25, 0.3) is 5.91 Å². The van der Waals surface area contributed by atoms with Crippen molar-refractivity contribution in [3.05, 3.63) is 65.5 Å². The minimum atomic E-state index is -0.428. The van der Waals surface area contributed by atoms with Crippen LogP contribution in [0.5, 0.6) is 0 Å². The van der Waals surface area contributed by atoms with Crippen LogP contribution < -0.4 is 16.0 Å². The topological polar surface area (TPSA) is 103 Å². The van der Waals surface area contributed by atoms with Gasteiger partial charge in [-0.3, -0.25) is 14.5 Å². The van der Waals surface area contributed by atoms with E-state index in [2.05, 4.69) is 20.9 Å². The van der Waals surface area contributed by atoms with Crippen LogP contribution in [0.4, 0.5) is 14.9 Å². The number of benzene rings is 2. The first-order chi connectivity index (χ1) is 18.9. The summed E-state index contributed by atoms with van der Waals surface area (Å²) in [4.78, 5) is 42.4. The quantitative estimate of drug-likeness (QED) is 0.455. The molecule has 2 aromatic rings. The van der Waals surface area contributed by atoms with Gasteiger partial charge in [-0.1, -0.05) is 18.2 Å². The van der Waals surface area contributed by atoms with Crippen LogP contribution in [0, 0.1) is 11.7 Å². The van der Waals surface area contributed by atoms with E-state index in [9.17, 15) is 18.8 Å². The second-order valence-electron chi connectivity index (χ2n) is 10.3. The Labute approximate surface area is 229 Å². The summed E-state index contributed by atoms with van der Waals surface area (Å²) >= 11 is 0. The number of carbonyl (C=O) groups is 3. The maximum atomic E-state index is 13.4. The number of ether oxygens (including phenoxy) is 1. The van der Waals surface area contributed by atoms with Crippen molar-refractivity contribution in [2.24, 2.45) is 5.92 Å². The molecule has 0 saturated carbocycles. The van der Waals surface area contributed by atoms with Crippen LogP contribution in [0.2, 0.25) is 0 Å². The lowest BCUT2D eigenvalue weighted by atomic mass is 9.91. The van der Waals surface area contributed by atoms with Gasteiger partial charge in [0.1, 0.15) is 5.82 Å². The normalized spacial score (nSPS) is 18.7. The van der Waals surface area contributed by atoms with Crippen molar-refractivity contribution in [3.8, 4) is 0 Å². The number of carbonyl (C=O) groups excluding carboxylic acids is 3. The number of urea groups is 1. The van der Waals surface area contributed by atoms with Crippen molar-refractivity contribution < 1.29 is 23.5 Å². The van der Waals surface area contributed by atoms with Gasteiger partial charge in [-0.25, -0.2) is 9.18 Å². The lowest BCUT2D eigenvalue weighted by molar-refractivity contribution is -0.133. The summed E-state index contributed by atoms with van der Waals surface area (Å²) in [6, 6.07) is 12.4. The van der Waals surface area contributed by atoms with E-state index in [-0.39, 0.29) is 24.1 Å². The Morgan fingerprint density at radius 2 is 1.85 bits per heavy atom. The first-order valence-corrected chi connectivity index (χ1v) is 13.6. The minimum absolute atomic E-state index is 0.0129. The number of likely N-dealkylation sites (tertiary alicyclic amines) is 1. The van der Waals surface area contributed by atoms with Crippen LogP contribution in [0.1, 0.15) is 35.2 Å². The number of nitrogens with one attached hydrogen (secondary N) is 3. The third kappa shape index (κ3) is 8.76. The van der Waals surface area contributed by atoms with E-state index in [0.29, 0.717) is 50.0 Å². The molecule has 0 unspecified atom stereocenters. The number of piperidine rings is 1. The van der Waals surface area contributed by atoms with Gasteiger partial charge in [0.05, 0.1) is 19.3 Å². The van der Waals surface area contributed by atoms with Crippen LogP contribution in [0.15, 0.2) is 48.5 Å². The highest BCUT2D eigenvalue weighted by atomic mass is 19.1. The maximum Gasteiger partial charge on any atom is 0.319 e. The number of hydrogen-bond donors (Lipinski definition) is 3. The van der Waals surface area contributed by atoms with Crippen LogP contribution in [0.3, 0.4) is 0 Å². The number of rotatable bonds is 9. The number of nitrogens with zero attached hydrogens (tertiary/aromatic N) is 2. The molecule has 39 heavy (non-hydrogen) atoms. The molecule has 3 N–H and O–H groups in total. The standard InChI is InChI=1S/C29H38FN5O4/c1-31-28(37)23-5-2-6-25(17-23)32-29(38)33-26(20-34-12-14-39-15-13-34)18-27(36)35-11-3-4-22(19-35)16-21-7-9-24(30)10-8-21/h2,5-10,17,22,26H,3-4,11-16,18-20H2,1H3,(H,31,37)(H2,32,33,38)/t22-,26-/m0/s1. The number of morpholine rings is 1. The van der Waals surface area contributed by atoms with Crippen LogP contribution >= 0.6 is 0 Å². The molecule has 0 bridgehead atoms. The molecule has 2 aromatic carbocycles. The van der Waals surface area contributed by atoms with E-state index in [4.69, 9.17) is 4.74 Å². The fourth-order valence-corrected chi connectivity index (χ4v) is 5.24. The third-order valence-corrected chi connectivity index (χ3v) is 7.26. The van der Waals surface area contributed by atoms with Gasteiger partial charge in [-0.05, 0) is 61.1 Å². The van der Waals surface area contributed by atoms with E-state index < -0.39 is 12.1 Å². The average molecular weight is 540 g/mol. The molecular weight excluding hydrogens is 501 g/mol. The summed E-state index contributed by atoms with van der Waals surface area (Å²) in [5.41, 5.74) is 2.00. The minimum Gasteiger partial charge on any atom is -0.379 e. The zero-order chi connectivity index (χ0) is 27.6. The summed E-state index contributed by atoms with van der Waals surface area (Å²) in [5.74, 6) is -0.163. The van der Waals surface area contributed by atoms with Crippen molar-refractivity contribution in [1.82, 2.24) is 20.4 Å². The Kier molecular flexibility index (Phi) is 10.3. The Bertz CT molecular complexity index is 1120. The number of hydrogen-bond acceptors (Lipinski definition) is 5. The number of halogens is 1. The fourth-order valence-electron chi connectivity index (χ4n) is 5.24. The summed E-state index contributed by atoms with van der Waals surface area (Å²) in [6.07, 6.45) is 2.93. The summed E-state index contributed by atoms with van der Waals surface area (Å²) in [6.45, 7) is 4.61. The molecule has 0 spiro atoms. The third-order valence-electron chi connectivity index (χ3n) is 7.26. The molecule has 0 radical (unpaired) electrons. The second-order valence-corrected chi connectivity index (χ2v) is 10.3. The van der Waals surface area contributed by atoms with Crippen molar-refractivity contribution in [2.45, 2.75) is 31.7 Å². The van der Waals surface area contributed by atoms with Crippen LogP contribution in [-0.2, 0) is 16.0 Å². The molecule has 2 atom stereocenters. The molecule has 2 heterocycles. The summed E-state index contributed by atoms with van der Waals surface area (Å²) in [5, 5.41) is 8.35. The molecule has 10 heteroatoms. The van der Waals surface area contributed by atoms with E-state index in [1.54, 1.807) is 43.4 Å². The first kappa shape index (κ1) is 28.5. The van der Waals surface area contributed by atoms with Gasteiger partial charge in [0.15, 0.2) is 0 Å². The molecule has 210 valence electrons. The molecule has 4 rings (SSSR count). The van der Waals surface area contributed by atoms with Crippen LogP contribution in [0.25, 0.3) is 0 Å². The zero-order valence-electron chi connectivity index (χ0n) is 22.5. The number of amides is 4. The van der Waals surface area contributed by atoms with Gasteiger partial charge >= 0.3 is 6.03 Å². The van der Waals surface area contributed by atoms with E-state index in [1.165, 1.54) is 12.1 Å². The first-order valence-electron chi connectivity index (χ1n) is 13.6. The molecule has 9 nitrogen and oxygen atoms in total. The maximum absolute atomic E-state index is 13.4. The monoisotopic (exact) mass is 539 g/mol. The predicted octanol–water partition coefficient (Wildman–Crippen LogP) is 2.88. The largest absolute Gasteiger partial charge is 0.379 e. The zero-order valence-corrected chi connectivity index (χ0v) is 22.5. The molecule has 4 amide bonds. The highest BCUT2D eigenvalue weighted by Crippen LogP contribution is 2.22. The van der Waals surface area contributed by atoms with Crippen molar-refractivity contribution in [2.75, 3.05) is 58.3 Å².